The molecular formula is C16H31NO. The van der Waals surface area contributed by atoms with Crippen molar-refractivity contribution in [2.45, 2.75) is 72.6 Å². The Balaban J connectivity index is 2.26. The molecule has 0 aromatic rings. The molecule has 106 valence electrons. The van der Waals surface area contributed by atoms with Crippen molar-refractivity contribution in [1.29, 1.82) is 0 Å². The highest BCUT2D eigenvalue weighted by Gasteiger charge is 2.56. The molecule has 1 fully saturated rings. The average molecular weight is 253 g/mol. The molecule has 0 aliphatic heterocycles. The van der Waals surface area contributed by atoms with Crippen LogP contribution in [-0.2, 0) is 4.79 Å². The van der Waals surface area contributed by atoms with E-state index >= 15 is 0 Å². The van der Waals surface area contributed by atoms with Crippen LogP contribution in [0.15, 0.2) is 0 Å². The number of rotatable bonds is 9. The lowest BCUT2D eigenvalue weighted by molar-refractivity contribution is -0.136. The molecule has 0 aromatic carbocycles. The Labute approximate surface area is 113 Å². The van der Waals surface area contributed by atoms with Gasteiger partial charge in [0, 0.05) is 18.5 Å². The Morgan fingerprint density at radius 1 is 1.11 bits per heavy atom. The van der Waals surface area contributed by atoms with Gasteiger partial charge in [0.15, 0.2) is 0 Å². The third-order valence-corrected chi connectivity index (χ3v) is 4.61. The second-order valence-electron chi connectivity index (χ2n) is 6.00. The minimum absolute atomic E-state index is 0.0171. The summed E-state index contributed by atoms with van der Waals surface area (Å²) >= 11 is 0. The van der Waals surface area contributed by atoms with Crippen molar-refractivity contribution < 1.29 is 4.79 Å². The molecule has 0 N–H and O–H groups in total. The number of hydrogen-bond donors (Lipinski definition) is 0. The molecule has 0 radical (unpaired) electrons. The second-order valence-corrected chi connectivity index (χ2v) is 6.00. The number of hydrogen-bond acceptors (Lipinski definition) is 1. The van der Waals surface area contributed by atoms with Gasteiger partial charge >= 0.3 is 0 Å². The Morgan fingerprint density at radius 2 is 1.72 bits per heavy atom. The predicted octanol–water partition coefficient (Wildman–Crippen LogP) is 4.24. The average Bonchev–Trinajstić information content (AvgIpc) is 3.03. The van der Waals surface area contributed by atoms with E-state index in [0.717, 1.165) is 19.5 Å². The summed E-state index contributed by atoms with van der Waals surface area (Å²) < 4.78 is 0. The van der Waals surface area contributed by atoms with Crippen molar-refractivity contribution in [3.63, 3.8) is 0 Å². The number of carbonyl (C=O) groups is 1. The van der Waals surface area contributed by atoms with E-state index in [9.17, 15) is 4.79 Å². The highest BCUT2D eigenvalue weighted by molar-refractivity contribution is 5.85. The van der Waals surface area contributed by atoms with Gasteiger partial charge in [-0.05, 0) is 32.6 Å². The smallest absolute Gasteiger partial charge is 0.228 e. The first-order valence-corrected chi connectivity index (χ1v) is 7.89. The van der Waals surface area contributed by atoms with Gasteiger partial charge in [-0.25, -0.2) is 0 Å². The third kappa shape index (κ3) is 3.73. The molecule has 1 saturated carbocycles. The van der Waals surface area contributed by atoms with Crippen molar-refractivity contribution in [1.82, 2.24) is 4.90 Å². The van der Waals surface area contributed by atoms with Crippen LogP contribution in [0.4, 0.5) is 0 Å². The summed E-state index contributed by atoms with van der Waals surface area (Å²) in [7, 11) is 0. The van der Waals surface area contributed by atoms with Crippen molar-refractivity contribution in [2.75, 3.05) is 13.1 Å². The summed E-state index contributed by atoms with van der Waals surface area (Å²) in [6.07, 6.45) is 9.07. The van der Waals surface area contributed by atoms with E-state index in [1.165, 1.54) is 38.5 Å². The molecule has 2 atom stereocenters. The van der Waals surface area contributed by atoms with E-state index in [1.54, 1.807) is 0 Å². The molecule has 2 nitrogen and oxygen atoms in total. The Hall–Kier alpha value is -0.530. The standard InChI is InChI=1S/C16H31NO/c1-5-8-9-10-11-12-14-13-16(14,4)15(18)17(6-2)7-3/h14H,5-13H2,1-4H3/t14-,16-/m1/s1. The van der Waals surface area contributed by atoms with Crippen LogP contribution in [0.1, 0.15) is 72.6 Å². The molecular weight excluding hydrogens is 222 g/mol. The lowest BCUT2D eigenvalue weighted by atomic mass is 10.00. The first-order valence-electron chi connectivity index (χ1n) is 7.89. The minimum atomic E-state index is -0.0171. The highest BCUT2D eigenvalue weighted by Crippen LogP contribution is 2.55. The van der Waals surface area contributed by atoms with Gasteiger partial charge in [-0.3, -0.25) is 4.79 Å². The molecule has 0 heterocycles. The van der Waals surface area contributed by atoms with Gasteiger partial charge in [0.05, 0.1) is 0 Å². The van der Waals surface area contributed by atoms with E-state index in [-0.39, 0.29) is 5.41 Å². The number of nitrogens with zero attached hydrogens (tertiary/aromatic N) is 1. The van der Waals surface area contributed by atoms with Crippen LogP contribution in [0, 0.1) is 11.3 Å². The van der Waals surface area contributed by atoms with Gasteiger partial charge in [-0.15, -0.1) is 0 Å². The number of carbonyl (C=O) groups excluding carboxylic acids is 1. The van der Waals surface area contributed by atoms with Crippen LogP contribution in [0.2, 0.25) is 0 Å². The Bertz CT molecular complexity index is 260. The first kappa shape index (κ1) is 15.5. The van der Waals surface area contributed by atoms with E-state index in [4.69, 9.17) is 0 Å². The third-order valence-electron chi connectivity index (χ3n) is 4.61. The van der Waals surface area contributed by atoms with Crippen molar-refractivity contribution in [3.05, 3.63) is 0 Å². The molecule has 0 aromatic heterocycles. The van der Waals surface area contributed by atoms with Crippen LogP contribution < -0.4 is 0 Å². The fourth-order valence-electron chi connectivity index (χ4n) is 3.00. The van der Waals surface area contributed by atoms with E-state index < -0.39 is 0 Å². The quantitative estimate of drug-likeness (QED) is 0.563. The van der Waals surface area contributed by atoms with Gasteiger partial charge < -0.3 is 4.90 Å². The zero-order valence-corrected chi connectivity index (χ0v) is 12.8. The molecule has 18 heavy (non-hydrogen) atoms. The lowest BCUT2D eigenvalue weighted by Crippen LogP contribution is -2.36. The van der Waals surface area contributed by atoms with Gasteiger partial charge in [0.1, 0.15) is 0 Å². The molecule has 1 aliphatic rings. The molecule has 1 aliphatic carbocycles. The van der Waals surface area contributed by atoms with Gasteiger partial charge in [-0.2, -0.15) is 0 Å². The van der Waals surface area contributed by atoms with Crippen molar-refractivity contribution in [3.8, 4) is 0 Å². The lowest BCUT2D eigenvalue weighted by Gasteiger charge is -2.23. The topological polar surface area (TPSA) is 20.3 Å². The highest BCUT2D eigenvalue weighted by atomic mass is 16.2. The first-order chi connectivity index (χ1) is 8.60. The summed E-state index contributed by atoms with van der Waals surface area (Å²) in [6, 6.07) is 0. The van der Waals surface area contributed by atoms with Crippen LogP contribution in [0.5, 0.6) is 0 Å². The molecule has 1 rings (SSSR count). The van der Waals surface area contributed by atoms with Crippen LogP contribution in [0.3, 0.4) is 0 Å². The van der Waals surface area contributed by atoms with Crippen LogP contribution >= 0.6 is 0 Å². The largest absolute Gasteiger partial charge is 0.343 e. The molecule has 1 amide bonds. The summed E-state index contributed by atoms with van der Waals surface area (Å²) in [5.74, 6) is 1.05. The zero-order chi connectivity index (χ0) is 13.6. The predicted molar refractivity (Wildman–Crippen MR) is 77.5 cm³/mol. The second kappa shape index (κ2) is 7.16. The number of unbranched alkanes of at least 4 members (excludes halogenated alkanes) is 4. The van der Waals surface area contributed by atoms with Gasteiger partial charge in [-0.1, -0.05) is 46.0 Å². The maximum Gasteiger partial charge on any atom is 0.228 e. The van der Waals surface area contributed by atoms with Gasteiger partial charge in [0.25, 0.3) is 0 Å². The monoisotopic (exact) mass is 253 g/mol. The molecule has 0 spiro atoms. The Kier molecular flexibility index (Phi) is 6.17. The maximum absolute atomic E-state index is 12.4. The fourth-order valence-corrected chi connectivity index (χ4v) is 3.00. The number of amides is 1. The molecule has 0 bridgehead atoms. The molecule has 0 saturated heterocycles. The Morgan fingerprint density at radius 3 is 2.28 bits per heavy atom. The summed E-state index contributed by atoms with van der Waals surface area (Å²) in [4.78, 5) is 14.4. The molecule has 0 unspecified atom stereocenters. The van der Waals surface area contributed by atoms with E-state index in [0.29, 0.717) is 11.8 Å². The van der Waals surface area contributed by atoms with E-state index in [2.05, 4.69) is 27.7 Å². The minimum Gasteiger partial charge on any atom is -0.343 e. The van der Waals surface area contributed by atoms with Crippen molar-refractivity contribution in [2.24, 2.45) is 11.3 Å². The van der Waals surface area contributed by atoms with Gasteiger partial charge in [0.2, 0.25) is 5.91 Å². The van der Waals surface area contributed by atoms with Crippen LogP contribution in [0.25, 0.3) is 0 Å². The van der Waals surface area contributed by atoms with Crippen molar-refractivity contribution >= 4 is 5.91 Å². The zero-order valence-electron chi connectivity index (χ0n) is 12.8. The summed E-state index contributed by atoms with van der Waals surface area (Å²) in [5.41, 5.74) is -0.0171. The normalized spacial score (nSPS) is 26.1. The summed E-state index contributed by atoms with van der Waals surface area (Å²) in [5, 5.41) is 0. The maximum atomic E-state index is 12.4. The molecule has 2 heteroatoms. The van der Waals surface area contributed by atoms with E-state index in [1.807, 2.05) is 4.90 Å². The SMILES string of the molecule is CCCCCCC[C@@H]1C[C@@]1(C)C(=O)N(CC)CC. The van der Waals surface area contributed by atoms with Crippen LogP contribution in [-0.4, -0.2) is 23.9 Å². The fraction of sp³-hybridized carbons (Fsp3) is 0.938. The summed E-state index contributed by atoms with van der Waals surface area (Å²) in [6.45, 7) is 10.3.